The molecule has 2 unspecified atom stereocenters. The third kappa shape index (κ3) is 3.44. The predicted molar refractivity (Wildman–Crippen MR) is 71.6 cm³/mol. The Hall–Kier alpha value is -0.570. The van der Waals surface area contributed by atoms with Gasteiger partial charge in [-0.25, -0.2) is 0 Å². The molecule has 100 valence electrons. The molecule has 0 aromatic heterocycles. The van der Waals surface area contributed by atoms with Crippen molar-refractivity contribution < 1.29 is 4.79 Å². The fourth-order valence-corrected chi connectivity index (χ4v) is 2.83. The smallest absolute Gasteiger partial charge is 0.226 e. The van der Waals surface area contributed by atoms with Crippen LogP contribution >= 0.6 is 0 Å². The first-order valence-corrected chi connectivity index (χ1v) is 6.91. The highest BCUT2D eigenvalue weighted by molar-refractivity contribution is 5.80. The largest absolute Gasteiger partial charge is 0.342 e. The Morgan fingerprint density at radius 3 is 2.59 bits per heavy atom. The minimum Gasteiger partial charge on any atom is -0.342 e. The maximum absolute atomic E-state index is 12.5. The summed E-state index contributed by atoms with van der Waals surface area (Å²) in [5.41, 5.74) is 5.82. The van der Waals surface area contributed by atoms with Crippen LogP contribution in [0.5, 0.6) is 0 Å². The molecule has 0 heterocycles. The van der Waals surface area contributed by atoms with E-state index in [0.717, 1.165) is 19.5 Å². The molecule has 1 aliphatic carbocycles. The molecular formula is C14H28N2O. The van der Waals surface area contributed by atoms with Crippen LogP contribution in [0.2, 0.25) is 0 Å². The fourth-order valence-electron chi connectivity index (χ4n) is 2.83. The van der Waals surface area contributed by atoms with Gasteiger partial charge in [0.2, 0.25) is 5.91 Å². The van der Waals surface area contributed by atoms with Gasteiger partial charge in [0.15, 0.2) is 0 Å². The fraction of sp³-hybridized carbons (Fsp3) is 0.929. The second kappa shape index (κ2) is 5.85. The average Bonchev–Trinajstić information content (AvgIpc) is 2.64. The van der Waals surface area contributed by atoms with Crippen LogP contribution in [0.4, 0.5) is 0 Å². The molecule has 0 saturated heterocycles. The molecule has 3 heteroatoms. The molecule has 1 aliphatic rings. The van der Waals surface area contributed by atoms with Crippen LogP contribution in [-0.2, 0) is 4.79 Å². The lowest BCUT2D eigenvalue weighted by atomic mass is 9.81. The predicted octanol–water partition coefficient (Wildman–Crippen LogP) is 2.26. The van der Waals surface area contributed by atoms with Gasteiger partial charge in [0, 0.05) is 19.0 Å². The molecule has 17 heavy (non-hydrogen) atoms. The van der Waals surface area contributed by atoms with Crippen molar-refractivity contribution >= 4 is 5.91 Å². The molecular weight excluding hydrogens is 212 g/mol. The molecule has 0 aliphatic heterocycles. The van der Waals surface area contributed by atoms with E-state index in [1.165, 1.54) is 12.8 Å². The second-order valence-electron chi connectivity index (χ2n) is 6.15. The molecule has 0 radical (unpaired) electrons. The first kappa shape index (κ1) is 14.5. The Morgan fingerprint density at radius 1 is 1.53 bits per heavy atom. The zero-order chi connectivity index (χ0) is 13.1. The first-order chi connectivity index (χ1) is 7.92. The van der Waals surface area contributed by atoms with Gasteiger partial charge in [0.25, 0.3) is 0 Å². The van der Waals surface area contributed by atoms with Gasteiger partial charge in [-0.05, 0) is 37.6 Å². The molecule has 0 aromatic carbocycles. The van der Waals surface area contributed by atoms with E-state index in [4.69, 9.17) is 5.73 Å². The lowest BCUT2D eigenvalue weighted by Gasteiger charge is -2.32. The summed E-state index contributed by atoms with van der Waals surface area (Å²) < 4.78 is 0. The molecule has 0 spiro atoms. The van der Waals surface area contributed by atoms with Crippen LogP contribution in [0.3, 0.4) is 0 Å². The van der Waals surface area contributed by atoms with E-state index in [1.54, 1.807) is 0 Å². The Balaban J connectivity index is 2.66. The van der Waals surface area contributed by atoms with E-state index >= 15 is 0 Å². The minimum atomic E-state index is 0.177. The molecule has 3 nitrogen and oxygen atoms in total. The number of carbonyl (C=O) groups excluding carboxylic acids is 1. The van der Waals surface area contributed by atoms with E-state index in [0.29, 0.717) is 18.4 Å². The van der Waals surface area contributed by atoms with Gasteiger partial charge in [-0.2, -0.15) is 0 Å². The highest BCUT2D eigenvalue weighted by Gasteiger charge is 2.40. The number of nitrogens with two attached hydrogens (primary N) is 1. The van der Waals surface area contributed by atoms with Crippen LogP contribution < -0.4 is 5.73 Å². The van der Waals surface area contributed by atoms with Crippen molar-refractivity contribution in [1.29, 1.82) is 0 Å². The minimum absolute atomic E-state index is 0.177. The maximum atomic E-state index is 12.5. The van der Waals surface area contributed by atoms with Gasteiger partial charge in [0.05, 0.1) is 0 Å². The number of hydrogen-bond donors (Lipinski definition) is 1. The molecule has 2 N–H and O–H groups in total. The highest BCUT2D eigenvalue weighted by atomic mass is 16.2. The standard InChI is InChI=1S/C14H28N2O/c1-5-16(10-11(2)9-15)13(17)12-7-6-8-14(12,3)4/h11-12H,5-10,15H2,1-4H3. The van der Waals surface area contributed by atoms with E-state index in [-0.39, 0.29) is 11.3 Å². The number of amides is 1. The molecule has 0 aromatic rings. The molecule has 0 bridgehead atoms. The lowest BCUT2D eigenvalue weighted by Crippen LogP contribution is -2.42. The highest BCUT2D eigenvalue weighted by Crippen LogP contribution is 2.43. The number of carbonyl (C=O) groups is 1. The Morgan fingerprint density at radius 2 is 2.18 bits per heavy atom. The van der Waals surface area contributed by atoms with Crippen molar-refractivity contribution in [3.05, 3.63) is 0 Å². The number of nitrogens with zero attached hydrogens (tertiary/aromatic N) is 1. The summed E-state index contributed by atoms with van der Waals surface area (Å²) in [7, 11) is 0. The second-order valence-corrected chi connectivity index (χ2v) is 6.15. The van der Waals surface area contributed by atoms with E-state index in [1.807, 2.05) is 4.90 Å². The third-order valence-corrected chi connectivity index (χ3v) is 4.18. The zero-order valence-electron chi connectivity index (χ0n) is 11.8. The summed E-state index contributed by atoms with van der Waals surface area (Å²) in [6.07, 6.45) is 3.42. The number of rotatable bonds is 5. The summed E-state index contributed by atoms with van der Waals surface area (Å²) in [5, 5.41) is 0. The Kier molecular flexibility index (Phi) is 4.99. The molecule has 1 fully saturated rings. The number of hydrogen-bond acceptors (Lipinski definition) is 2. The van der Waals surface area contributed by atoms with Gasteiger partial charge >= 0.3 is 0 Å². The van der Waals surface area contributed by atoms with Crippen LogP contribution in [0.1, 0.15) is 47.0 Å². The maximum Gasteiger partial charge on any atom is 0.226 e. The quantitative estimate of drug-likeness (QED) is 0.801. The van der Waals surface area contributed by atoms with Crippen LogP contribution in [0.15, 0.2) is 0 Å². The van der Waals surface area contributed by atoms with Crippen molar-refractivity contribution in [3.63, 3.8) is 0 Å². The van der Waals surface area contributed by atoms with Gasteiger partial charge in [-0.1, -0.05) is 27.2 Å². The summed E-state index contributed by atoms with van der Waals surface area (Å²) in [5.74, 6) is 0.950. The van der Waals surface area contributed by atoms with E-state index < -0.39 is 0 Å². The third-order valence-electron chi connectivity index (χ3n) is 4.18. The Bertz CT molecular complexity index is 263. The van der Waals surface area contributed by atoms with Crippen molar-refractivity contribution in [2.75, 3.05) is 19.6 Å². The summed E-state index contributed by atoms with van der Waals surface area (Å²) in [4.78, 5) is 14.5. The zero-order valence-corrected chi connectivity index (χ0v) is 11.8. The van der Waals surface area contributed by atoms with Gasteiger partial charge in [0.1, 0.15) is 0 Å². The topological polar surface area (TPSA) is 46.3 Å². The summed E-state index contributed by atoms with van der Waals surface area (Å²) in [6, 6.07) is 0. The van der Waals surface area contributed by atoms with E-state index in [9.17, 15) is 4.79 Å². The molecule has 2 atom stereocenters. The van der Waals surface area contributed by atoms with Gasteiger partial charge in [-0.3, -0.25) is 4.79 Å². The van der Waals surface area contributed by atoms with Crippen LogP contribution in [0, 0.1) is 17.3 Å². The molecule has 1 saturated carbocycles. The molecule has 1 rings (SSSR count). The SMILES string of the molecule is CCN(CC(C)CN)C(=O)C1CCCC1(C)C. The van der Waals surface area contributed by atoms with Crippen molar-refractivity contribution in [1.82, 2.24) is 4.90 Å². The van der Waals surface area contributed by atoms with E-state index in [2.05, 4.69) is 27.7 Å². The monoisotopic (exact) mass is 240 g/mol. The normalized spacial score (nSPS) is 24.6. The lowest BCUT2D eigenvalue weighted by molar-refractivity contribution is -0.138. The van der Waals surface area contributed by atoms with Crippen LogP contribution in [0.25, 0.3) is 0 Å². The van der Waals surface area contributed by atoms with Crippen LogP contribution in [-0.4, -0.2) is 30.4 Å². The summed E-state index contributed by atoms with van der Waals surface area (Å²) >= 11 is 0. The van der Waals surface area contributed by atoms with Crippen molar-refractivity contribution in [2.45, 2.75) is 47.0 Å². The molecule has 1 amide bonds. The van der Waals surface area contributed by atoms with Crippen molar-refractivity contribution in [2.24, 2.45) is 23.0 Å². The van der Waals surface area contributed by atoms with Crippen molar-refractivity contribution in [3.8, 4) is 0 Å². The van der Waals surface area contributed by atoms with Gasteiger partial charge < -0.3 is 10.6 Å². The Labute approximate surface area is 106 Å². The van der Waals surface area contributed by atoms with Gasteiger partial charge in [-0.15, -0.1) is 0 Å². The average molecular weight is 240 g/mol. The summed E-state index contributed by atoms with van der Waals surface area (Å²) in [6.45, 7) is 10.9. The first-order valence-electron chi connectivity index (χ1n) is 6.91.